The lowest BCUT2D eigenvalue weighted by Gasteiger charge is -2.19. The van der Waals surface area contributed by atoms with Gasteiger partial charge in [0.25, 0.3) is 0 Å². The molecule has 0 aliphatic rings. The number of rotatable bonds is 14. The third kappa shape index (κ3) is 10.1. The highest BCUT2D eigenvalue weighted by molar-refractivity contribution is 5.78. The monoisotopic (exact) mass is 405 g/mol. The Morgan fingerprint density at radius 2 is 1.38 bits per heavy atom. The minimum atomic E-state index is -0.630. The van der Waals surface area contributed by atoms with E-state index >= 15 is 0 Å². The van der Waals surface area contributed by atoms with E-state index in [9.17, 15) is 9.59 Å². The fourth-order valence-electron chi connectivity index (χ4n) is 3.39. The molecular formula is C25H43NO3. The third-order valence-electron chi connectivity index (χ3n) is 5.45. The molecule has 0 spiro atoms. The summed E-state index contributed by atoms with van der Waals surface area (Å²) in [4.78, 5) is 24.3. The maximum absolute atomic E-state index is 12.2. The predicted molar refractivity (Wildman–Crippen MR) is 122 cm³/mol. The van der Waals surface area contributed by atoms with Gasteiger partial charge in [-0.2, -0.15) is 0 Å². The average molecular weight is 406 g/mol. The molecule has 0 aromatic carbocycles. The van der Waals surface area contributed by atoms with Crippen LogP contribution in [0.4, 0.5) is 0 Å². The molecule has 0 N–H and O–H groups in total. The van der Waals surface area contributed by atoms with Crippen LogP contribution in [0.15, 0.2) is 17.1 Å². The number of unbranched alkanes of at least 4 members (excludes halogenated alkanes) is 11. The molecule has 29 heavy (non-hydrogen) atoms. The summed E-state index contributed by atoms with van der Waals surface area (Å²) in [5, 5.41) is 0. The second kappa shape index (κ2) is 13.6. The SMILES string of the molecule is CCCCCCCCCCCCCCn1ccc(=O)c(OC(=O)C(C)(C)C)c1C. The van der Waals surface area contributed by atoms with Crippen molar-refractivity contribution < 1.29 is 9.53 Å². The van der Waals surface area contributed by atoms with Crippen molar-refractivity contribution in [2.75, 3.05) is 0 Å². The molecule has 0 radical (unpaired) electrons. The van der Waals surface area contributed by atoms with Crippen LogP contribution < -0.4 is 10.2 Å². The lowest BCUT2D eigenvalue weighted by Crippen LogP contribution is -2.28. The van der Waals surface area contributed by atoms with Crippen molar-refractivity contribution in [3.8, 4) is 5.75 Å². The van der Waals surface area contributed by atoms with Crippen LogP contribution in [0.5, 0.6) is 5.75 Å². The second-order valence-electron chi connectivity index (χ2n) is 9.32. The molecular weight excluding hydrogens is 362 g/mol. The number of esters is 1. The molecule has 0 bridgehead atoms. The van der Waals surface area contributed by atoms with E-state index in [4.69, 9.17) is 4.74 Å². The lowest BCUT2D eigenvalue weighted by molar-refractivity contribution is -0.143. The number of nitrogens with zero attached hydrogens (tertiary/aromatic N) is 1. The Hall–Kier alpha value is -1.58. The Kier molecular flexibility index (Phi) is 11.9. The van der Waals surface area contributed by atoms with E-state index in [0.29, 0.717) is 0 Å². The van der Waals surface area contributed by atoms with Gasteiger partial charge >= 0.3 is 5.97 Å². The topological polar surface area (TPSA) is 48.3 Å². The minimum Gasteiger partial charge on any atom is -0.420 e. The van der Waals surface area contributed by atoms with E-state index in [-0.39, 0.29) is 17.1 Å². The second-order valence-corrected chi connectivity index (χ2v) is 9.32. The molecule has 0 amide bonds. The Bertz CT molecular complexity index is 655. The van der Waals surface area contributed by atoms with Crippen LogP contribution in [-0.4, -0.2) is 10.5 Å². The van der Waals surface area contributed by atoms with Crippen LogP contribution >= 0.6 is 0 Å². The van der Waals surface area contributed by atoms with Gasteiger partial charge in [0.2, 0.25) is 5.43 Å². The third-order valence-corrected chi connectivity index (χ3v) is 5.45. The summed E-state index contributed by atoms with van der Waals surface area (Å²) in [6, 6.07) is 1.50. The highest BCUT2D eigenvalue weighted by atomic mass is 16.5. The van der Waals surface area contributed by atoms with Crippen molar-refractivity contribution in [3.63, 3.8) is 0 Å². The number of hydrogen-bond acceptors (Lipinski definition) is 3. The van der Waals surface area contributed by atoms with Gasteiger partial charge in [-0.25, -0.2) is 0 Å². The van der Waals surface area contributed by atoms with Crippen LogP contribution in [0.25, 0.3) is 0 Å². The van der Waals surface area contributed by atoms with E-state index in [1.807, 2.05) is 17.7 Å². The van der Waals surface area contributed by atoms with Crippen molar-refractivity contribution >= 4 is 5.97 Å². The van der Waals surface area contributed by atoms with Gasteiger partial charge in [-0.15, -0.1) is 0 Å². The molecule has 0 aliphatic heterocycles. The zero-order chi connectivity index (χ0) is 21.7. The highest BCUT2D eigenvalue weighted by Gasteiger charge is 2.25. The van der Waals surface area contributed by atoms with Gasteiger partial charge in [0.05, 0.1) is 11.1 Å². The Balaban J connectivity index is 2.29. The first-order valence-corrected chi connectivity index (χ1v) is 11.7. The number of hydrogen-bond donors (Lipinski definition) is 0. The smallest absolute Gasteiger partial charge is 0.316 e. The number of aryl methyl sites for hydroxylation is 1. The standard InChI is InChI=1S/C25H43NO3/c1-6-7-8-9-10-11-12-13-14-15-16-17-19-26-20-18-22(27)23(21(26)2)29-24(28)25(3,4)5/h18,20H,6-17,19H2,1-5H3. The molecule has 0 fully saturated rings. The van der Waals surface area contributed by atoms with E-state index in [0.717, 1.165) is 18.7 Å². The number of aromatic nitrogens is 1. The van der Waals surface area contributed by atoms with E-state index < -0.39 is 5.41 Å². The average Bonchev–Trinajstić information content (AvgIpc) is 2.66. The van der Waals surface area contributed by atoms with Crippen molar-refractivity contribution in [1.82, 2.24) is 4.57 Å². The summed E-state index contributed by atoms with van der Waals surface area (Å²) in [5.41, 5.74) is -0.126. The number of pyridine rings is 1. The Labute approximate surface area is 178 Å². The first-order valence-electron chi connectivity index (χ1n) is 11.7. The molecule has 0 aliphatic carbocycles. The Morgan fingerprint density at radius 1 is 0.897 bits per heavy atom. The molecule has 1 rings (SSSR count). The van der Waals surface area contributed by atoms with Gasteiger partial charge in [-0.1, -0.05) is 77.6 Å². The molecule has 1 aromatic heterocycles. The zero-order valence-corrected chi connectivity index (χ0v) is 19.5. The summed E-state index contributed by atoms with van der Waals surface area (Å²) >= 11 is 0. The van der Waals surface area contributed by atoms with Crippen LogP contribution in [0.1, 0.15) is 110 Å². The molecule has 0 atom stereocenters. The van der Waals surface area contributed by atoms with Gasteiger partial charge in [0.1, 0.15) is 0 Å². The van der Waals surface area contributed by atoms with E-state index in [1.165, 1.54) is 76.7 Å². The van der Waals surface area contributed by atoms with Crippen LogP contribution in [0.3, 0.4) is 0 Å². The fraction of sp³-hybridized carbons (Fsp3) is 0.760. The fourth-order valence-corrected chi connectivity index (χ4v) is 3.39. The van der Waals surface area contributed by atoms with Crippen molar-refractivity contribution in [1.29, 1.82) is 0 Å². The maximum atomic E-state index is 12.2. The summed E-state index contributed by atoms with van der Waals surface area (Å²) in [6.07, 6.45) is 17.7. The quantitative estimate of drug-likeness (QED) is 0.252. The molecule has 1 aromatic rings. The van der Waals surface area contributed by atoms with Crippen molar-refractivity contribution in [2.24, 2.45) is 5.41 Å². The summed E-state index contributed by atoms with van der Waals surface area (Å²) in [7, 11) is 0. The first kappa shape index (κ1) is 25.5. The maximum Gasteiger partial charge on any atom is 0.316 e. The van der Waals surface area contributed by atoms with Crippen molar-refractivity contribution in [2.45, 2.75) is 118 Å². The minimum absolute atomic E-state index is 0.173. The number of carbonyl (C=O) groups is 1. The van der Waals surface area contributed by atoms with Crippen molar-refractivity contribution in [3.05, 3.63) is 28.2 Å². The lowest BCUT2D eigenvalue weighted by atomic mass is 9.97. The summed E-state index contributed by atoms with van der Waals surface area (Å²) in [6.45, 7) is 10.3. The normalized spacial score (nSPS) is 11.6. The van der Waals surface area contributed by atoms with E-state index in [2.05, 4.69) is 6.92 Å². The van der Waals surface area contributed by atoms with Gasteiger partial charge in [-0.05, 0) is 34.1 Å². The number of carbonyl (C=O) groups excluding carboxylic acids is 1. The van der Waals surface area contributed by atoms with E-state index in [1.54, 1.807) is 20.8 Å². The molecule has 166 valence electrons. The van der Waals surface area contributed by atoms with Gasteiger partial charge in [-0.3, -0.25) is 9.59 Å². The van der Waals surface area contributed by atoms with Crippen LogP contribution in [-0.2, 0) is 11.3 Å². The first-order chi connectivity index (χ1) is 13.8. The highest BCUT2D eigenvalue weighted by Crippen LogP contribution is 2.20. The molecule has 0 unspecified atom stereocenters. The zero-order valence-electron chi connectivity index (χ0n) is 19.5. The van der Waals surface area contributed by atoms with Gasteiger partial charge in [0, 0.05) is 18.8 Å². The largest absolute Gasteiger partial charge is 0.420 e. The molecule has 0 saturated carbocycles. The van der Waals surface area contributed by atoms with Crippen LogP contribution in [0, 0.1) is 12.3 Å². The summed E-state index contributed by atoms with van der Waals surface area (Å²) in [5.74, 6) is -0.202. The summed E-state index contributed by atoms with van der Waals surface area (Å²) < 4.78 is 7.45. The molecule has 0 saturated heterocycles. The molecule has 1 heterocycles. The van der Waals surface area contributed by atoms with Gasteiger partial charge in [0.15, 0.2) is 5.75 Å². The van der Waals surface area contributed by atoms with Crippen LogP contribution in [0.2, 0.25) is 0 Å². The van der Waals surface area contributed by atoms with Gasteiger partial charge < -0.3 is 9.30 Å². The number of ether oxygens (including phenoxy) is 1. The molecule has 4 heteroatoms. The predicted octanol–water partition coefficient (Wildman–Crippen LogP) is 6.81. The molecule has 4 nitrogen and oxygen atoms in total. The Morgan fingerprint density at radius 3 is 1.86 bits per heavy atom.